The van der Waals surface area contributed by atoms with Crippen molar-refractivity contribution in [2.45, 2.75) is 18.2 Å². The third-order valence-electron chi connectivity index (χ3n) is 2.54. The SMILES string of the molecule is CCOc1ccc(N)c(S(=O)CCC(=O)N(C)C)c1. The van der Waals surface area contributed by atoms with Crippen LogP contribution in [0, 0.1) is 0 Å². The fourth-order valence-corrected chi connectivity index (χ4v) is 2.64. The minimum absolute atomic E-state index is 0.0483. The summed E-state index contributed by atoms with van der Waals surface area (Å²) in [5, 5.41) is 0. The molecule has 2 N–H and O–H groups in total. The first-order valence-electron chi connectivity index (χ1n) is 6.06. The number of benzene rings is 1. The second kappa shape index (κ2) is 7.13. The van der Waals surface area contributed by atoms with E-state index >= 15 is 0 Å². The Balaban J connectivity index is 2.75. The van der Waals surface area contributed by atoms with Crippen LogP contribution in [0.4, 0.5) is 5.69 Å². The van der Waals surface area contributed by atoms with E-state index < -0.39 is 10.8 Å². The smallest absolute Gasteiger partial charge is 0.222 e. The first-order chi connectivity index (χ1) is 8.95. The summed E-state index contributed by atoms with van der Waals surface area (Å²) >= 11 is 0. The van der Waals surface area contributed by atoms with Crippen LogP contribution < -0.4 is 10.5 Å². The lowest BCUT2D eigenvalue weighted by atomic mass is 10.3. The number of amides is 1. The van der Waals surface area contributed by atoms with E-state index in [1.54, 1.807) is 32.3 Å². The highest BCUT2D eigenvalue weighted by Crippen LogP contribution is 2.23. The summed E-state index contributed by atoms with van der Waals surface area (Å²) in [7, 11) is 2.05. The highest BCUT2D eigenvalue weighted by atomic mass is 32.2. The van der Waals surface area contributed by atoms with E-state index in [2.05, 4.69) is 0 Å². The summed E-state index contributed by atoms with van der Waals surface area (Å²) in [5.74, 6) is 0.850. The van der Waals surface area contributed by atoms with Crippen LogP contribution in [0.2, 0.25) is 0 Å². The van der Waals surface area contributed by atoms with E-state index in [0.717, 1.165) is 0 Å². The lowest BCUT2D eigenvalue weighted by Crippen LogP contribution is -2.23. The molecule has 1 atom stereocenters. The molecule has 5 nitrogen and oxygen atoms in total. The lowest BCUT2D eigenvalue weighted by molar-refractivity contribution is -0.128. The van der Waals surface area contributed by atoms with E-state index in [1.807, 2.05) is 6.92 Å². The van der Waals surface area contributed by atoms with Gasteiger partial charge in [0, 0.05) is 32.0 Å². The Hall–Kier alpha value is -1.56. The molecule has 19 heavy (non-hydrogen) atoms. The number of hydrogen-bond acceptors (Lipinski definition) is 4. The number of rotatable bonds is 6. The van der Waals surface area contributed by atoms with Crippen molar-refractivity contribution in [2.75, 3.05) is 32.2 Å². The van der Waals surface area contributed by atoms with Gasteiger partial charge >= 0.3 is 0 Å². The van der Waals surface area contributed by atoms with Crippen LogP contribution in [0.15, 0.2) is 23.1 Å². The quantitative estimate of drug-likeness (QED) is 0.798. The van der Waals surface area contributed by atoms with Crippen molar-refractivity contribution in [3.63, 3.8) is 0 Å². The molecular formula is C13H20N2O3S. The number of nitrogens with zero attached hydrogens (tertiary/aromatic N) is 1. The van der Waals surface area contributed by atoms with Crippen molar-refractivity contribution < 1.29 is 13.7 Å². The second-order valence-corrected chi connectivity index (χ2v) is 5.76. The molecule has 1 aromatic carbocycles. The Morgan fingerprint density at radius 1 is 1.42 bits per heavy atom. The van der Waals surface area contributed by atoms with Crippen molar-refractivity contribution in [1.29, 1.82) is 0 Å². The van der Waals surface area contributed by atoms with Gasteiger partial charge in [0.1, 0.15) is 5.75 Å². The Bertz CT molecular complexity index is 475. The van der Waals surface area contributed by atoms with Crippen LogP contribution >= 0.6 is 0 Å². The summed E-state index contributed by atoms with van der Waals surface area (Å²) < 4.78 is 17.5. The number of nitrogens with two attached hydrogens (primary N) is 1. The van der Waals surface area contributed by atoms with E-state index in [0.29, 0.717) is 22.9 Å². The third kappa shape index (κ3) is 4.55. The van der Waals surface area contributed by atoms with E-state index in [9.17, 15) is 9.00 Å². The van der Waals surface area contributed by atoms with Crippen molar-refractivity contribution in [2.24, 2.45) is 0 Å². The lowest BCUT2D eigenvalue weighted by Gasteiger charge is -2.11. The summed E-state index contributed by atoms with van der Waals surface area (Å²) in [4.78, 5) is 13.5. The number of anilines is 1. The molecule has 0 fully saturated rings. The topological polar surface area (TPSA) is 72.6 Å². The average Bonchev–Trinajstić information content (AvgIpc) is 2.37. The molecule has 6 heteroatoms. The molecule has 0 aromatic heterocycles. The van der Waals surface area contributed by atoms with Gasteiger partial charge in [0.15, 0.2) is 0 Å². The standard InChI is InChI=1S/C13H20N2O3S/c1-4-18-10-5-6-11(14)12(9-10)19(17)8-7-13(16)15(2)3/h5-6,9H,4,7-8,14H2,1-3H3. The maximum absolute atomic E-state index is 12.2. The molecule has 1 unspecified atom stereocenters. The van der Waals surface area contributed by atoms with E-state index in [4.69, 9.17) is 10.5 Å². The maximum Gasteiger partial charge on any atom is 0.222 e. The summed E-state index contributed by atoms with van der Waals surface area (Å²) in [5.41, 5.74) is 6.27. The molecule has 1 rings (SSSR count). The van der Waals surface area contributed by atoms with Gasteiger partial charge in [-0.2, -0.15) is 0 Å². The Morgan fingerprint density at radius 3 is 2.68 bits per heavy atom. The Kier molecular flexibility index (Phi) is 5.82. The molecule has 0 aliphatic carbocycles. The highest BCUT2D eigenvalue weighted by molar-refractivity contribution is 7.85. The van der Waals surface area contributed by atoms with Gasteiger partial charge in [-0.15, -0.1) is 0 Å². The number of carbonyl (C=O) groups is 1. The summed E-state index contributed by atoms with van der Waals surface area (Å²) in [6, 6.07) is 5.09. The predicted molar refractivity (Wildman–Crippen MR) is 76.6 cm³/mol. The number of ether oxygens (including phenoxy) is 1. The van der Waals surface area contributed by atoms with Gasteiger partial charge < -0.3 is 15.4 Å². The van der Waals surface area contributed by atoms with Crippen LogP contribution in [0.3, 0.4) is 0 Å². The van der Waals surface area contributed by atoms with Crippen LogP contribution in [0.25, 0.3) is 0 Å². The molecule has 0 saturated heterocycles. The zero-order valence-electron chi connectivity index (χ0n) is 11.5. The third-order valence-corrected chi connectivity index (χ3v) is 3.96. The van der Waals surface area contributed by atoms with Gasteiger partial charge in [0.2, 0.25) is 5.91 Å². The molecule has 0 spiro atoms. The summed E-state index contributed by atoms with van der Waals surface area (Å²) in [6.07, 6.45) is 0.234. The molecular weight excluding hydrogens is 264 g/mol. The average molecular weight is 284 g/mol. The Morgan fingerprint density at radius 2 is 2.11 bits per heavy atom. The molecule has 1 amide bonds. The molecule has 0 heterocycles. The van der Waals surface area contributed by atoms with Gasteiger partial charge in [-0.1, -0.05) is 0 Å². The zero-order chi connectivity index (χ0) is 14.4. The number of carbonyl (C=O) groups excluding carboxylic acids is 1. The van der Waals surface area contributed by atoms with E-state index in [1.165, 1.54) is 4.90 Å². The first kappa shape index (κ1) is 15.5. The molecule has 0 saturated carbocycles. The monoisotopic (exact) mass is 284 g/mol. The normalized spacial score (nSPS) is 11.9. The van der Waals surface area contributed by atoms with Gasteiger partial charge in [-0.05, 0) is 25.1 Å². The fourth-order valence-electron chi connectivity index (χ4n) is 1.48. The van der Waals surface area contributed by atoms with Crippen LogP contribution in [-0.2, 0) is 15.6 Å². The number of hydrogen-bond donors (Lipinski definition) is 1. The van der Waals surface area contributed by atoms with Gasteiger partial charge in [0.25, 0.3) is 0 Å². The molecule has 0 aliphatic heterocycles. The van der Waals surface area contributed by atoms with Crippen molar-refractivity contribution in [3.05, 3.63) is 18.2 Å². The van der Waals surface area contributed by atoms with Gasteiger partial charge in [-0.25, -0.2) is 0 Å². The second-order valence-electron chi connectivity index (χ2n) is 4.22. The number of nitrogen functional groups attached to an aromatic ring is 1. The van der Waals surface area contributed by atoms with Crippen molar-refractivity contribution >= 4 is 22.4 Å². The maximum atomic E-state index is 12.2. The zero-order valence-corrected chi connectivity index (χ0v) is 12.3. The fraction of sp³-hybridized carbons (Fsp3) is 0.462. The van der Waals surface area contributed by atoms with Crippen LogP contribution in [0.5, 0.6) is 5.75 Å². The van der Waals surface area contributed by atoms with Crippen LogP contribution in [-0.4, -0.2) is 41.5 Å². The molecule has 0 aliphatic rings. The molecule has 0 bridgehead atoms. The van der Waals surface area contributed by atoms with Gasteiger partial charge in [-0.3, -0.25) is 9.00 Å². The molecule has 1 aromatic rings. The molecule has 0 radical (unpaired) electrons. The highest BCUT2D eigenvalue weighted by Gasteiger charge is 2.12. The Labute approximate surface area is 116 Å². The summed E-state index contributed by atoms with van der Waals surface area (Å²) in [6.45, 7) is 2.41. The largest absolute Gasteiger partial charge is 0.494 e. The minimum Gasteiger partial charge on any atom is -0.494 e. The van der Waals surface area contributed by atoms with Crippen LogP contribution in [0.1, 0.15) is 13.3 Å². The first-order valence-corrected chi connectivity index (χ1v) is 7.38. The minimum atomic E-state index is -1.30. The van der Waals surface area contributed by atoms with Crippen molar-refractivity contribution in [1.82, 2.24) is 4.90 Å². The predicted octanol–water partition coefficient (Wildman–Crippen LogP) is 1.25. The van der Waals surface area contributed by atoms with Crippen molar-refractivity contribution in [3.8, 4) is 5.75 Å². The molecule has 106 valence electrons. The van der Waals surface area contributed by atoms with Gasteiger partial charge in [0.05, 0.1) is 22.3 Å². The van der Waals surface area contributed by atoms with E-state index in [-0.39, 0.29) is 18.1 Å².